The number of amides is 1. The molecule has 7 heteroatoms. The Balaban J connectivity index is 1.42. The minimum absolute atomic E-state index is 0.0761. The van der Waals surface area contributed by atoms with Crippen LogP contribution in [0.4, 0.5) is 0 Å². The van der Waals surface area contributed by atoms with E-state index < -0.39 is 0 Å². The molecule has 0 N–H and O–H groups in total. The summed E-state index contributed by atoms with van der Waals surface area (Å²) in [5, 5.41) is 0. The maximum absolute atomic E-state index is 13.0. The highest BCUT2D eigenvalue weighted by atomic mass is 16.4. The number of rotatable bonds is 3. The number of aromatic nitrogens is 3. The van der Waals surface area contributed by atoms with Crippen molar-refractivity contribution in [1.29, 1.82) is 0 Å². The summed E-state index contributed by atoms with van der Waals surface area (Å²) >= 11 is 0. The number of hydrogen-bond acceptors (Lipinski definition) is 5. The number of aryl methyl sites for hydroxylation is 3. The zero-order valence-corrected chi connectivity index (χ0v) is 16.1. The minimum atomic E-state index is 0.0761. The third kappa shape index (κ3) is 3.60. The predicted molar refractivity (Wildman–Crippen MR) is 102 cm³/mol. The van der Waals surface area contributed by atoms with Gasteiger partial charge in [0.1, 0.15) is 5.76 Å². The Morgan fingerprint density at radius 2 is 2.04 bits per heavy atom. The van der Waals surface area contributed by atoms with Gasteiger partial charge in [-0.25, -0.2) is 9.97 Å². The Morgan fingerprint density at radius 3 is 2.81 bits per heavy atom. The Morgan fingerprint density at radius 1 is 1.19 bits per heavy atom. The van der Waals surface area contributed by atoms with E-state index in [4.69, 9.17) is 4.42 Å². The van der Waals surface area contributed by atoms with Crippen LogP contribution >= 0.6 is 0 Å². The van der Waals surface area contributed by atoms with E-state index in [2.05, 4.69) is 14.9 Å². The molecule has 27 heavy (non-hydrogen) atoms. The first kappa shape index (κ1) is 17.7. The second-order valence-electron chi connectivity index (χ2n) is 7.23. The van der Waals surface area contributed by atoms with Crippen molar-refractivity contribution in [3.8, 4) is 0 Å². The van der Waals surface area contributed by atoms with E-state index in [0.29, 0.717) is 18.7 Å². The van der Waals surface area contributed by atoms with Gasteiger partial charge in [0, 0.05) is 38.8 Å². The molecule has 0 aliphatic carbocycles. The minimum Gasteiger partial charge on any atom is -0.444 e. The van der Waals surface area contributed by atoms with Crippen molar-refractivity contribution in [2.75, 3.05) is 26.2 Å². The summed E-state index contributed by atoms with van der Waals surface area (Å²) in [6.07, 6.45) is 2.71. The van der Waals surface area contributed by atoms with Crippen LogP contribution in [0.15, 0.2) is 28.9 Å². The van der Waals surface area contributed by atoms with Gasteiger partial charge in [-0.3, -0.25) is 9.69 Å². The topological polar surface area (TPSA) is 67.4 Å². The van der Waals surface area contributed by atoms with Gasteiger partial charge in [-0.15, -0.1) is 0 Å². The maximum Gasteiger partial charge on any atom is 0.253 e. The largest absolute Gasteiger partial charge is 0.444 e. The van der Waals surface area contributed by atoms with Gasteiger partial charge in [0.25, 0.3) is 5.91 Å². The third-order valence-corrected chi connectivity index (χ3v) is 5.28. The average molecular weight is 367 g/mol. The third-order valence-electron chi connectivity index (χ3n) is 5.28. The summed E-state index contributed by atoms with van der Waals surface area (Å²) < 4.78 is 7.66. The number of benzene rings is 1. The Labute approximate surface area is 158 Å². The van der Waals surface area contributed by atoms with Gasteiger partial charge in [0.05, 0.1) is 29.6 Å². The summed E-state index contributed by atoms with van der Waals surface area (Å²) in [4.78, 5) is 26.0. The van der Waals surface area contributed by atoms with E-state index in [1.165, 1.54) is 0 Å². The number of nitrogens with zero attached hydrogens (tertiary/aromatic N) is 5. The Bertz CT molecular complexity index is 955. The van der Waals surface area contributed by atoms with Crippen LogP contribution in [0, 0.1) is 13.8 Å². The van der Waals surface area contributed by atoms with Crippen molar-refractivity contribution in [2.45, 2.75) is 26.8 Å². The number of fused-ring (bicyclic) bond motifs is 1. The van der Waals surface area contributed by atoms with Gasteiger partial charge < -0.3 is 13.9 Å². The highest BCUT2D eigenvalue weighted by Crippen LogP contribution is 2.17. The Kier molecular flexibility index (Phi) is 4.70. The first-order chi connectivity index (χ1) is 13.0. The molecule has 0 atom stereocenters. The first-order valence-corrected chi connectivity index (χ1v) is 9.37. The van der Waals surface area contributed by atoms with Crippen LogP contribution in [0.25, 0.3) is 11.0 Å². The monoisotopic (exact) mass is 367 g/mol. The lowest BCUT2D eigenvalue weighted by Gasteiger charge is -2.21. The van der Waals surface area contributed by atoms with Gasteiger partial charge >= 0.3 is 0 Å². The molecule has 0 bridgehead atoms. The van der Waals surface area contributed by atoms with Crippen LogP contribution in [0.1, 0.15) is 34.1 Å². The van der Waals surface area contributed by atoms with Crippen molar-refractivity contribution in [3.05, 3.63) is 47.4 Å². The van der Waals surface area contributed by atoms with Crippen LogP contribution in [-0.2, 0) is 13.6 Å². The standard InChI is InChI=1S/C20H25N5O2/c1-14-15(2)27-19(22-14)12-24-7-4-8-25(10-9-24)20(26)16-5-6-18-17(11-16)21-13-23(18)3/h5-6,11,13H,4,7-10,12H2,1-3H3. The van der Waals surface area contributed by atoms with E-state index in [1.807, 2.05) is 48.6 Å². The molecule has 4 rings (SSSR count). The molecule has 3 heterocycles. The van der Waals surface area contributed by atoms with Crippen LogP contribution < -0.4 is 0 Å². The van der Waals surface area contributed by atoms with Crippen molar-refractivity contribution in [2.24, 2.45) is 7.05 Å². The van der Waals surface area contributed by atoms with E-state index in [9.17, 15) is 4.79 Å². The van der Waals surface area contributed by atoms with E-state index in [1.54, 1.807) is 6.33 Å². The zero-order chi connectivity index (χ0) is 19.0. The van der Waals surface area contributed by atoms with Crippen LogP contribution in [0.2, 0.25) is 0 Å². The highest BCUT2D eigenvalue weighted by Gasteiger charge is 2.22. The fourth-order valence-corrected chi connectivity index (χ4v) is 3.58. The average Bonchev–Trinajstić information content (AvgIpc) is 3.07. The molecule has 0 saturated carbocycles. The molecule has 3 aromatic rings. The fourth-order valence-electron chi connectivity index (χ4n) is 3.58. The number of carbonyl (C=O) groups excluding carboxylic acids is 1. The van der Waals surface area contributed by atoms with Crippen molar-refractivity contribution in [1.82, 2.24) is 24.3 Å². The quantitative estimate of drug-likeness (QED) is 0.712. The van der Waals surface area contributed by atoms with Gasteiger partial charge in [-0.05, 0) is 38.5 Å². The molecule has 2 aromatic heterocycles. The molecule has 1 fully saturated rings. The summed E-state index contributed by atoms with van der Waals surface area (Å²) in [5.74, 6) is 1.71. The van der Waals surface area contributed by atoms with Gasteiger partial charge in [0.15, 0.2) is 0 Å². The second-order valence-corrected chi connectivity index (χ2v) is 7.23. The van der Waals surface area contributed by atoms with Crippen molar-refractivity contribution in [3.63, 3.8) is 0 Å². The number of imidazole rings is 1. The van der Waals surface area contributed by atoms with Crippen LogP contribution in [0.5, 0.6) is 0 Å². The van der Waals surface area contributed by atoms with E-state index in [-0.39, 0.29) is 5.91 Å². The van der Waals surface area contributed by atoms with E-state index >= 15 is 0 Å². The van der Waals surface area contributed by atoms with Gasteiger partial charge in [0.2, 0.25) is 5.89 Å². The molecular weight excluding hydrogens is 342 g/mol. The molecule has 7 nitrogen and oxygen atoms in total. The fraction of sp³-hybridized carbons (Fsp3) is 0.450. The number of carbonyl (C=O) groups is 1. The Hall–Kier alpha value is -2.67. The van der Waals surface area contributed by atoms with Crippen molar-refractivity contribution < 1.29 is 9.21 Å². The molecule has 1 aliphatic rings. The number of oxazole rings is 1. The molecule has 142 valence electrons. The SMILES string of the molecule is Cc1nc(CN2CCCN(C(=O)c3ccc4c(c3)ncn4C)CC2)oc1C. The van der Waals surface area contributed by atoms with Crippen molar-refractivity contribution >= 4 is 16.9 Å². The maximum atomic E-state index is 13.0. The van der Waals surface area contributed by atoms with Crippen LogP contribution in [-0.4, -0.2) is 56.4 Å². The second kappa shape index (κ2) is 7.15. The summed E-state index contributed by atoms with van der Waals surface area (Å²) in [5.41, 5.74) is 3.54. The predicted octanol–water partition coefficient (Wildman–Crippen LogP) is 2.53. The lowest BCUT2D eigenvalue weighted by Crippen LogP contribution is -2.35. The first-order valence-electron chi connectivity index (χ1n) is 9.37. The smallest absolute Gasteiger partial charge is 0.253 e. The summed E-state index contributed by atoms with van der Waals surface area (Å²) in [6.45, 7) is 7.81. The lowest BCUT2D eigenvalue weighted by atomic mass is 10.1. The van der Waals surface area contributed by atoms with Gasteiger partial charge in [-0.2, -0.15) is 0 Å². The molecule has 1 saturated heterocycles. The van der Waals surface area contributed by atoms with Gasteiger partial charge in [-0.1, -0.05) is 0 Å². The molecule has 1 aliphatic heterocycles. The summed E-state index contributed by atoms with van der Waals surface area (Å²) in [7, 11) is 1.96. The zero-order valence-electron chi connectivity index (χ0n) is 16.1. The molecule has 1 amide bonds. The summed E-state index contributed by atoms with van der Waals surface area (Å²) in [6, 6.07) is 5.75. The molecule has 0 spiro atoms. The molecular formula is C20H25N5O2. The normalized spacial score (nSPS) is 16.0. The highest BCUT2D eigenvalue weighted by molar-refractivity contribution is 5.97. The van der Waals surface area contributed by atoms with E-state index in [0.717, 1.165) is 54.4 Å². The molecule has 1 aromatic carbocycles. The lowest BCUT2D eigenvalue weighted by molar-refractivity contribution is 0.0761. The number of hydrogen-bond donors (Lipinski definition) is 0. The van der Waals surface area contributed by atoms with Crippen LogP contribution in [0.3, 0.4) is 0 Å². The molecule has 0 unspecified atom stereocenters. The molecule has 0 radical (unpaired) electrons.